The number of ether oxygens (including phenoxy) is 1. The van der Waals surface area contributed by atoms with Gasteiger partial charge in [0.1, 0.15) is 12.4 Å². The van der Waals surface area contributed by atoms with Crippen LogP contribution in [0.1, 0.15) is 45.2 Å². The summed E-state index contributed by atoms with van der Waals surface area (Å²) in [5.74, 6) is 0.730. The van der Waals surface area contributed by atoms with E-state index in [0.29, 0.717) is 12.6 Å². The van der Waals surface area contributed by atoms with Gasteiger partial charge in [-0.3, -0.25) is 4.98 Å². The van der Waals surface area contributed by atoms with Crippen molar-refractivity contribution in [3.63, 3.8) is 0 Å². The molecule has 19 heavy (non-hydrogen) atoms. The molecule has 0 aliphatic heterocycles. The fraction of sp³-hybridized carbons (Fsp3) is 0.667. The predicted octanol–water partition coefficient (Wildman–Crippen LogP) is 2.26. The first-order valence-electron chi connectivity index (χ1n) is 7.11. The third-order valence-corrected chi connectivity index (χ3v) is 3.53. The number of rotatable bonds is 6. The van der Waals surface area contributed by atoms with Gasteiger partial charge in [-0.15, -0.1) is 0 Å². The summed E-state index contributed by atoms with van der Waals surface area (Å²) in [6, 6.07) is 4.33. The Balaban J connectivity index is 1.81. The Hall–Kier alpha value is -1.13. The van der Waals surface area contributed by atoms with Crippen LogP contribution in [0.2, 0.25) is 0 Å². The lowest BCUT2D eigenvalue weighted by Gasteiger charge is -2.22. The second kappa shape index (κ2) is 6.35. The van der Waals surface area contributed by atoms with Crippen LogP contribution in [0, 0.1) is 0 Å². The summed E-state index contributed by atoms with van der Waals surface area (Å²) in [4.78, 5) is 4.35. The van der Waals surface area contributed by atoms with E-state index in [9.17, 15) is 5.11 Å². The van der Waals surface area contributed by atoms with Crippen molar-refractivity contribution >= 4 is 0 Å². The number of hydrogen-bond donors (Lipinski definition) is 2. The first kappa shape index (κ1) is 14.3. The molecule has 0 amide bonds. The Morgan fingerprint density at radius 2 is 2.11 bits per heavy atom. The first-order valence-corrected chi connectivity index (χ1v) is 7.11. The predicted molar refractivity (Wildman–Crippen MR) is 75.1 cm³/mol. The summed E-state index contributed by atoms with van der Waals surface area (Å²) in [7, 11) is 0. The van der Waals surface area contributed by atoms with Crippen LogP contribution in [0.5, 0.6) is 5.75 Å². The molecule has 1 aliphatic rings. The van der Waals surface area contributed by atoms with E-state index in [1.807, 2.05) is 12.1 Å². The molecule has 4 heteroatoms. The van der Waals surface area contributed by atoms with Gasteiger partial charge in [-0.25, -0.2) is 0 Å². The topological polar surface area (TPSA) is 54.4 Å². The Bertz CT molecular complexity index is 384. The molecule has 0 radical (unpaired) electrons. The maximum Gasteiger partial charge on any atom is 0.137 e. The molecule has 1 aromatic heterocycles. The van der Waals surface area contributed by atoms with E-state index in [2.05, 4.69) is 24.1 Å². The average molecular weight is 264 g/mol. The van der Waals surface area contributed by atoms with Crippen molar-refractivity contribution in [2.45, 2.75) is 57.7 Å². The quantitative estimate of drug-likeness (QED) is 0.827. The number of aliphatic hydroxyl groups is 1. The van der Waals surface area contributed by atoms with Gasteiger partial charge in [0.15, 0.2) is 0 Å². The van der Waals surface area contributed by atoms with Crippen LogP contribution in [0.4, 0.5) is 0 Å². The highest BCUT2D eigenvalue weighted by Gasteiger charge is 2.31. The standard InChI is InChI=1S/C15H24N2O2/c1-12(2)16-9-13-5-6-14(10-17-13)19-11-15(18)7-3-4-8-15/h5-6,10,12,16,18H,3-4,7-9,11H2,1-2H3. The molecule has 0 bridgehead atoms. The molecule has 0 aromatic carbocycles. The molecule has 4 nitrogen and oxygen atoms in total. The van der Waals surface area contributed by atoms with Crippen molar-refractivity contribution in [1.29, 1.82) is 0 Å². The highest BCUT2D eigenvalue weighted by molar-refractivity contribution is 5.20. The molecule has 1 aliphatic carbocycles. The Morgan fingerprint density at radius 3 is 2.68 bits per heavy atom. The number of aromatic nitrogens is 1. The van der Waals surface area contributed by atoms with Crippen molar-refractivity contribution in [1.82, 2.24) is 10.3 Å². The molecule has 2 N–H and O–H groups in total. The summed E-state index contributed by atoms with van der Waals surface area (Å²) >= 11 is 0. The summed E-state index contributed by atoms with van der Waals surface area (Å²) in [5.41, 5.74) is 0.373. The Morgan fingerprint density at radius 1 is 1.37 bits per heavy atom. The van der Waals surface area contributed by atoms with Crippen LogP contribution in [-0.4, -0.2) is 28.3 Å². The fourth-order valence-corrected chi connectivity index (χ4v) is 2.30. The minimum Gasteiger partial charge on any atom is -0.489 e. The summed E-state index contributed by atoms with van der Waals surface area (Å²) in [6.07, 6.45) is 5.61. The zero-order chi connectivity index (χ0) is 13.7. The maximum atomic E-state index is 10.2. The largest absolute Gasteiger partial charge is 0.489 e. The molecule has 0 spiro atoms. The zero-order valence-electron chi connectivity index (χ0n) is 11.9. The van der Waals surface area contributed by atoms with Crippen LogP contribution in [0.3, 0.4) is 0 Å². The molecule has 106 valence electrons. The zero-order valence-corrected chi connectivity index (χ0v) is 11.9. The molecule has 2 rings (SSSR count). The van der Waals surface area contributed by atoms with E-state index in [1.54, 1.807) is 6.20 Å². The molecule has 0 atom stereocenters. The van der Waals surface area contributed by atoms with Crippen molar-refractivity contribution in [2.75, 3.05) is 6.61 Å². The lowest BCUT2D eigenvalue weighted by atomic mass is 10.0. The summed E-state index contributed by atoms with van der Waals surface area (Å²) in [6.45, 7) is 5.36. The van der Waals surface area contributed by atoms with Gasteiger partial charge in [0.2, 0.25) is 0 Å². The molecular weight excluding hydrogens is 240 g/mol. The lowest BCUT2D eigenvalue weighted by molar-refractivity contribution is 0.00130. The van der Waals surface area contributed by atoms with Crippen LogP contribution < -0.4 is 10.1 Å². The van der Waals surface area contributed by atoms with Crippen molar-refractivity contribution in [2.24, 2.45) is 0 Å². The Labute approximate surface area is 115 Å². The number of nitrogens with zero attached hydrogens (tertiary/aromatic N) is 1. The van der Waals surface area contributed by atoms with Gasteiger partial charge >= 0.3 is 0 Å². The highest BCUT2D eigenvalue weighted by Crippen LogP contribution is 2.29. The van der Waals surface area contributed by atoms with Crippen LogP contribution in [0.25, 0.3) is 0 Å². The third-order valence-electron chi connectivity index (χ3n) is 3.53. The van der Waals surface area contributed by atoms with Crippen LogP contribution in [0.15, 0.2) is 18.3 Å². The smallest absolute Gasteiger partial charge is 0.137 e. The summed E-state index contributed by atoms with van der Waals surface area (Å²) in [5, 5.41) is 13.5. The fourth-order valence-electron chi connectivity index (χ4n) is 2.30. The normalized spacial score (nSPS) is 17.9. The van der Waals surface area contributed by atoms with Crippen LogP contribution >= 0.6 is 0 Å². The van der Waals surface area contributed by atoms with E-state index < -0.39 is 5.60 Å². The number of pyridine rings is 1. The number of nitrogens with one attached hydrogen (secondary N) is 1. The number of hydrogen-bond acceptors (Lipinski definition) is 4. The van der Waals surface area contributed by atoms with E-state index in [-0.39, 0.29) is 0 Å². The van der Waals surface area contributed by atoms with E-state index in [0.717, 1.165) is 43.7 Å². The second-order valence-corrected chi connectivity index (χ2v) is 5.74. The SMILES string of the molecule is CC(C)NCc1ccc(OCC2(O)CCCC2)cn1. The van der Waals surface area contributed by atoms with Gasteiger partial charge in [-0.1, -0.05) is 26.7 Å². The van der Waals surface area contributed by atoms with Crippen molar-refractivity contribution in [3.05, 3.63) is 24.0 Å². The first-order chi connectivity index (χ1) is 9.07. The molecule has 0 unspecified atom stereocenters. The molecular formula is C15H24N2O2. The van der Waals surface area contributed by atoms with E-state index in [4.69, 9.17) is 4.74 Å². The van der Waals surface area contributed by atoms with Crippen molar-refractivity contribution < 1.29 is 9.84 Å². The Kier molecular flexibility index (Phi) is 4.77. The van der Waals surface area contributed by atoms with E-state index >= 15 is 0 Å². The second-order valence-electron chi connectivity index (χ2n) is 5.74. The third kappa shape index (κ3) is 4.48. The molecule has 1 fully saturated rings. The molecule has 1 aromatic rings. The average Bonchev–Trinajstić information content (AvgIpc) is 2.83. The van der Waals surface area contributed by atoms with Gasteiger partial charge < -0.3 is 15.2 Å². The van der Waals surface area contributed by atoms with Crippen LogP contribution in [-0.2, 0) is 6.54 Å². The molecule has 1 saturated carbocycles. The van der Waals surface area contributed by atoms with Gasteiger partial charge in [-0.05, 0) is 25.0 Å². The van der Waals surface area contributed by atoms with E-state index in [1.165, 1.54) is 0 Å². The maximum absolute atomic E-state index is 10.2. The van der Waals surface area contributed by atoms with Gasteiger partial charge in [-0.2, -0.15) is 0 Å². The lowest BCUT2D eigenvalue weighted by Crippen LogP contribution is -2.32. The molecule has 0 saturated heterocycles. The molecule has 1 heterocycles. The minimum absolute atomic E-state index is 0.373. The summed E-state index contributed by atoms with van der Waals surface area (Å²) < 4.78 is 5.64. The highest BCUT2D eigenvalue weighted by atomic mass is 16.5. The van der Waals surface area contributed by atoms with Gasteiger partial charge in [0.05, 0.1) is 17.5 Å². The van der Waals surface area contributed by atoms with Crippen molar-refractivity contribution in [3.8, 4) is 5.75 Å². The van der Waals surface area contributed by atoms with Gasteiger partial charge in [0.25, 0.3) is 0 Å². The monoisotopic (exact) mass is 264 g/mol. The minimum atomic E-state index is -0.627. The van der Waals surface area contributed by atoms with Gasteiger partial charge in [0, 0.05) is 12.6 Å².